The highest BCUT2D eigenvalue weighted by Gasteiger charge is 2.20. The van der Waals surface area contributed by atoms with Crippen LogP contribution in [0.1, 0.15) is 18.5 Å². The Morgan fingerprint density at radius 2 is 1.76 bits per heavy atom. The summed E-state index contributed by atoms with van der Waals surface area (Å²) in [4.78, 5) is 3.95. The molecule has 0 aliphatic carbocycles. The second kappa shape index (κ2) is 9.12. The summed E-state index contributed by atoms with van der Waals surface area (Å²) in [6, 6.07) is 11.0. The summed E-state index contributed by atoms with van der Waals surface area (Å²) in [5.74, 6) is -0.863. The predicted octanol–water partition coefficient (Wildman–Crippen LogP) is 2.70. The molecule has 25 heavy (non-hydrogen) atoms. The molecule has 0 aliphatic rings. The van der Waals surface area contributed by atoms with Crippen molar-refractivity contribution in [3.63, 3.8) is 0 Å². The molecule has 0 aliphatic heterocycles. The van der Waals surface area contributed by atoms with Crippen LogP contribution < -0.4 is 11.5 Å². The number of nitrogens with zero attached hydrogens (tertiary/aromatic N) is 1. The number of nitrogens with two attached hydrogens (primary N) is 2. The van der Waals surface area contributed by atoms with Gasteiger partial charge in [0.1, 0.15) is 21.5 Å². The molecule has 0 bridgehead atoms. The first-order valence-corrected chi connectivity index (χ1v) is 9.37. The number of hydrogen-bond acceptors (Lipinski definition) is 4. The van der Waals surface area contributed by atoms with E-state index >= 15 is 0 Å². The van der Waals surface area contributed by atoms with Gasteiger partial charge < -0.3 is 11.5 Å². The number of sulfone groups is 1. The van der Waals surface area contributed by atoms with E-state index in [9.17, 15) is 17.2 Å². The minimum absolute atomic E-state index is 0.130. The van der Waals surface area contributed by atoms with Crippen molar-refractivity contribution in [3.05, 3.63) is 65.7 Å². The van der Waals surface area contributed by atoms with Gasteiger partial charge >= 0.3 is 0 Å². The second-order valence-corrected chi connectivity index (χ2v) is 7.64. The van der Waals surface area contributed by atoms with Gasteiger partial charge in [-0.15, -0.1) is 0 Å². The van der Waals surface area contributed by atoms with E-state index < -0.39 is 21.7 Å². The molecule has 0 fully saturated rings. The molecule has 0 heterocycles. The summed E-state index contributed by atoms with van der Waals surface area (Å²) in [5, 5.41) is 0. The van der Waals surface area contributed by atoms with Gasteiger partial charge in [0.15, 0.2) is 0 Å². The third-order valence-corrected chi connectivity index (χ3v) is 3.85. The van der Waals surface area contributed by atoms with Gasteiger partial charge in [0.05, 0.1) is 17.6 Å². The van der Waals surface area contributed by atoms with Crippen molar-refractivity contribution in [3.8, 4) is 0 Å². The van der Waals surface area contributed by atoms with Gasteiger partial charge in [0, 0.05) is 17.5 Å². The topological polar surface area (TPSA) is 98.5 Å². The van der Waals surface area contributed by atoms with Crippen molar-refractivity contribution in [1.29, 1.82) is 0 Å². The number of nitrogen functional groups attached to an aromatic ring is 1. The minimum Gasteiger partial charge on any atom is -0.399 e. The Labute approximate surface area is 146 Å². The molecule has 8 heteroatoms. The summed E-state index contributed by atoms with van der Waals surface area (Å²) in [5.41, 5.74) is 11.5. The molecule has 1 atom stereocenters. The summed E-state index contributed by atoms with van der Waals surface area (Å²) in [7, 11) is -3.32. The smallest absolute Gasteiger partial charge is 0.149 e. The molecule has 0 saturated carbocycles. The number of amidine groups is 1. The van der Waals surface area contributed by atoms with Crippen molar-refractivity contribution in [2.45, 2.75) is 13.0 Å². The third kappa shape index (κ3) is 8.25. The Hall–Kier alpha value is -2.48. The molecule has 0 spiro atoms. The lowest BCUT2D eigenvalue weighted by molar-refractivity contribution is 0.579. The molecule has 136 valence electrons. The molecule has 0 saturated heterocycles. The molecule has 5 nitrogen and oxygen atoms in total. The fourth-order valence-electron chi connectivity index (χ4n) is 1.96. The van der Waals surface area contributed by atoms with Crippen LogP contribution in [0.5, 0.6) is 0 Å². The van der Waals surface area contributed by atoms with Crippen LogP contribution in [0.25, 0.3) is 0 Å². The van der Waals surface area contributed by atoms with Crippen LogP contribution in [0.15, 0.2) is 53.5 Å². The highest BCUT2D eigenvalue weighted by molar-refractivity contribution is 7.90. The first kappa shape index (κ1) is 20.6. The van der Waals surface area contributed by atoms with Gasteiger partial charge in [-0.3, -0.25) is 4.99 Å². The SMILES string of the molecule is CC(N)=NC(CS(C)(=O)=O)c1cc(N)ccc1F.Fc1ccccc1. The van der Waals surface area contributed by atoms with E-state index in [4.69, 9.17) is 11.5 Å². The largest absolute Gasteiger partial charge is 0.399 e. The van der Waals surface area contributed by atoms with E-state index in [-0.39, 0.29) is 23.0 Å². The molecule has 2 rings (SSSR count). The zero-order valence-corrected chi connectivity index (χ0v) is 14.8. The van der Waals surface area contributed by atoms with Crippen LogP contribution in [0.4, 0.5) is 14.5 Å². The van der Waals surface area contributed by atoms with Crippen molar-refractivity contribution in [2.75, 3.05) is 17.7 Å². The van der Waals surface area contributed by atoms with Crippen molar-refractivity contribution < 1.29 is 17.2 Å². The van der Waals surface area contributed by atoms with E-state index in [1.54, 1.807) is 18.2 Å². The van der Waals surface area contributed by atoms with E-state index in [0.29, 0.717) is 5.69 Å². The Kier molecular flexibility index (Phi) is 7.50. The average molecular weight is 369 g/mol. The molecule has 0 radical (unpaired) electrons. The van der Waals surface area contributed by atoms with Gasteiger partial charge in [-0.2, -0.15) is 0 Å². The van der Waals surface area contributed by atoms with Gasteiger partial charge in [-0.05, 0) is 37.3 Å². The summed E-state index contributed by atoms with van der Waals surface area (Å²) in [6.07, 6.45) is 1.06. The van der Waals surface area contributed by atoms with Crippen molar-refractivity contribution in [2.24, 2.45) is 10.7 Å². The maximum atomic E-state index is 13.7. The minimum atomic E-state index is -3.32. The van der Waals surface area contributed by atoms with Crippen LogP contribution in [-0.4, -0.2) is 26.3 Å². The van der Waals surface area contributed by atoms with E-state index in [0.717, 1.165) is 6.26 Å². The van der Waals surface area contributed by atoms with E-state index in [1.807, 2.05) is 0 Å². The highest BCUT2D eigenvalue weighted by Crippen LogP contribution is 2.24. The van der Waals surface area contributed by atoms with Gasteiger partial charge in [-0.1, -0.05) is 18.2 Å². The van der Waals surface area contributed by atoms with Crippen molar-refractivity contribution in [1.82, 2.24) is 0 Å². The third-order valence-electron chi connectivity index (χ3n) is 2.93. The van der Waals surface area contributed by atoms with Crippen LogP contribution in [0, 0.1) is 11.6 Å². The number of aliphatic imine (C=N–C) groups is 1. The number of hydrogen-bond donors (Lipinski definition) is 2. The normalized spacial score (nSPS) is 12.9. The molecular formula is C17H21F2N3O2S. The molecule has 0 aromatic heterocycles. The van der Waals surface area contributed by atoms with Crippen LogP contribution in [-0.2, 0) is 9.84 Å². The number of rotatable bonds is 4. The lowest BCUT2D eigenvalue weighted by atomic mass is 10.1. The highest BCUT2D eigenvalue weighted by atomic mass is 32.2. The molecule has 2 aromatic rings. The Bertz CT molecular complexity index is 821. The zero-order chi connectivity index (χ0) is 19.0. The molecule has 1 unspecified atom stereocenters. The lowest BCUT2D eigenvalue weighted by Gasteiger charge is -2.14. The molecule has 4 N–H and O–H groups in total. The Morgan fingerprint density at radius 1 is 1.16 bits per heavy atom. The first-order valence-electron chi connectivity index (χ1n) is 7.31. The maximum absolute atomic E-state index is 13.7. The fourth-order valence-corrected chi connectivity index (χ4v) is 2.79. The predicted molar refractivity (Wildman–Crippen MR) is 97.0 cm³/mol. The van der Waals surface area contributed by atoms with Gasteiger partial charge in [0.2, 0.25) is 0 Å². The monoisotopic (exact) mass is 369 g/mol. The van der Waals surface area contributed by atoms with Crippen LogP contribution >= 0.6 is 0 Å². The van der Waals surface area contributed by atoms with Crippen molar-refractivity contribution >= 4 is 21.4 Å². The van der Waals surface area contributed by atoms with Crippen LogP contribution in [0.3, 0.4) is 0 Å². The number of halogens is 2. The lowest BCUT2D eigenvalue weighted by Crippen LogP contribution is -2.17. The summed E-state index contributed by atoms with van der Waals surface area (Å²) in [6.45, 7) is 1.51. The van der Waals surface area contributed by atoms with E-state index in [2.05, 4.69) is 4.99 Å². The quantitative estimate of drug-likeness (QED) is 0.492. The zero-order valence-electron chi connectivity index (χ0n) is 14.0. The Balaban J connectivity index is 0.000000370. The fraction of sp³-hybridized carbons (Fsp3) is 0.235. The number of anilines is 1. The van der Waals surface area contributed by atoms with Gasteiger partial charge in [0.25, 0.3) is 0 Å². The average Bonchev–Trinajstić information content (AvgIpc) is 2.48. The standard InChI is InChI=1S/C11H16FN3O2S.C6H5F/c1-7(13)15-11(6-18(2,16)17)9-5-8(14)3-4-10(9)12;7-6-4-2-1-3-5-6/h3-5,11H,6,14H2,1-2H3,(H2,13,15);1-5H. The number of benzene rings is 2. The molecular weight excluding hydrogens is 348 g/mol. The molecule has 2 aromatic carbocycles. The van der Waals surface area contributed by atoms with Crippen LogP contribution in [0.2, 0.25) is 0 Å². The summed E-state index contributed by atoms with van der Waals surface area (Å²) < 4.78 is 48.2. The Morgan fingerprint density at radius 3 is 2.20 bits per heavy atom. The molecule has 0 amide bonds. The first-order chi connectivity index (χ1) is 11.6. The summed E-state index contributed by atoms with van der Waals surface area (Å²) >= 11 is 0. The van der Waals surface area contributed by atoms with E-state index in [1.165, 1.54) is 37.3 Å². The van der Waals surface area contributed by atoms with Gasteiger partial charge in [-0.25, -0.2) is 17.2 Å². The second-order valence-electron chi connectivity index (χ2n) is 5.46. The maximum Gasteiger partial charge on any atom is 0.149 e.